The minimum Gasteiger partial charge on any atom is -0.206 e. The summed E-state index contributed by atoms with van der Waals surface area (Å²) in [6, 6.07) is 3.62. The molecular weight excluding hydrogens is 322 g/mol. The molecule has 2 atom stereocenters. The van der Waals surface area contributed by atoms with Crippen LogP contribution in [0.2, 0.25) is 0 Å². The summed E-state index contributed by atoms with van der Waals surface area (Å²) in [4.78, 5) is 1.37. The predicted octanol–water partition coefficient (Wildman–Crippen LogP) is 2.90. The Labute approximate surface area is 115 Å². The third kappa shape index (κ3) is 3.10. The summed E-state index contributed by atoms with van der Waals surface area (Å²) in [5.74, 6) is 0. The van der Waals surface area contributed by atoms with E-state index in [4.69, 9.17) is 0 Å². The Morgan fingerprint density at radius 2 is 2.24 bits per heavy atom. The molecule has 0 aliphatic heterocycles. The molecule has 1 saturated carbocycles. The van der Waals surface area contributed by atoms with Gasteiger partial charge in [0.15, 0.2) is 0 Å². The first-order valence-corrected chi connectivity index (χ1v) is 8.99. The zero-order valence-corrected chi connectivity index (χ0v) is 12.9. The molecule has 6 heteroatoms. The molecule has 1 aliphatic carbocycles. The van der Waals surface area contributed by atoms with E-state index in [0.717, 1.165) is 30.6 Å². The van der Waals surface area contributed by atoms with E-state index in [2.05, 4.69) is 20.7 Å². The summed E-state index contributed by atoms with van der Waals surface area (Å²) in [6.07, 6.45) is 3.91. The van der Waals surface area contributed by atoms with Gasteiger partial charge in [-0.1, -0.05) is 29.3 Å². The number of sulfonamides is 1. The van der Waals surface area contributed by atoms with Gasteiger partial charge in [0.2, 0.25) is 10.0 Å². The molecule has 0 saturated heterocycles. The Morgan fingerprint density at radius 3 is 2.76 bits per heavy atom. The van der Waals surface area contributed by atoms with Crippen molar-refractivity contribution in [3.8, 4) is 0 Å². The number of alkyl halides is 1. The lowest BCUT2D eigenvalue weighted by Gasteiger charge is -2.15. The van der Waals surface area contributed by atoms with Gasteiger partial charge in [-0.25, -0.2) is 13.1 Å². The van der Waals surface area contributed by atoms with Crippen molar-refractivity contribution >= 4 is 37.3 Å². The van der Waals surface area contributed by atoms with E-state index in [1.54, 1.807) is 6.07 Å². The van der Waals surface area contributed by atoms with Crippen LogP contribution in [0.3, 0.4) is 0 Å². The average molecular weight is 338 g/mol. The number of halogens is 1. The molecule has 1 aromatic rings. The van der Waals surface area contributed by atoms with Crippen LogP contribution in [0.4, 0.5) is 0 Å². The second-order valence-electron chi connectivity index (χ2n) is 4.25. The first kappa shape index (κ1) is 13.5. The first-order chi connectivity index (χ1) is 8.03. The number of rotatable bonds is 4. The molecular formula is C11H16BrNO2S2. The Kier molecular flexibility index (Phi) is 4.28. The number of aryl methyl sites for hydroxylation is 1. The lowest BCUT2D eigenvalue weighted by atomic mass is 10.3. The van der Waals surface area contributed by atoms with Crippen molar-refractivity contribution in [2.24, 2.45) is 0 Å². The summed E-state index contributed by atoms with van der Waals surface area (Å²) in [5, 5.41) is 0. The molecule has 3 nitrogen and oxygen atoms in total. The fourth-order valence-electron chi connectivity index (χ4n) is 2.00. The van der Waals surface area contributed by atoms with Crippen LogP contribution in [0, 0.1) is 0 Å². The zero-order chi connectivity index (χ0) is 12.5. The van der Waals surface area contributed by atoms with Crippen LogP contribution < -0.4 is 4.72 Å². The molecule has 0 amide bonds. The smallest absolute Gasteiger partial charge is 0.206 e. The monoisotopic (exact) mass is 337 g/mol. The Hall–Kier alpha value is 0.0900. The van der Waals surface area contributed by atoms with Crippen LogP contribution in [-0.4, -0.2) is 19.3 Å². The SMILES string of the molecule is CCc1ccc(S(=O)(=O)NC2CCCC2Br)s1. The van der Waals surface area contributed by atoms with Crippen LogP contribution in [-0.2, 0) is 16.4 Å². The van der Waals surface area contributed by atoms with Crippen molar-refractivity contribution in [3.63, 3.8) is 0 Å². The van der Waals surface area contributed by atoms with Crippen molar-refractivity contribution in [1.29, 1.82) is 0 Å². The maximum atomic E-state index is 12.1. The molecule has 1 aliphatic rings. The average Bonchev–Trinajstić information content (AvgIpc) is 2.88. The molecule has 17 heavy (non-hydrogen) atoms. The summed E-state index contributed by atoms with van der Waals surface area (Å²) in [7, 11) is -3.33. The first-order valence-electron chi connectivity index (χ1n) is 5.78. The number of nitrogens with one attached hydrogen (secondary N) is 1. The van der Waals surface area contributed by atoms with Crippen molar-refractivity contribution < 1.29 is 8.42 Å². The van der Waals surface area contributed by atoms with Crippen molar-refractivity contribution in [3.05, 3.63) is 17.0 Å². The van der Waals surface area contributed by atoms with Crippen LogP contribution in [0.5, 0.6) is 0 Å². The van der Waals surface area contributed by atoms with E-state index in [-0.39, 0.29) is 10.9 Å². The molecule has 0 radical (unpaired) electrons. The lowest BCUT2D eigenvalue weighted by molar-refractivity contribution is 0.558. The molecule has 2 rings (SSSR count). The third-order valence-corrected chi connectivity index (χ3v) is 7.30. The second kappa shape index (κ2) is 5.38. The van der Waals surface area contributed by atoms with Crippen LogP contribution >= 0.6 is 27.3 Å². The quantitative estimate of drug-likeness (QED) is 0.858. The standard InChI is InChI=1S/C11H16BrNO2S2/c1-2-8-6-7-11(16-8)17(14,15)13-10-5-3-4-9(10)12/h6-7,9-10,13H,2-5H2,1H3. The van der Waals surface area contributed by atoms with E-state index in [1.165, 1.54) is 11.3 Å². The van der Waals surface area contributed by atoms with E-state index in [1.807, 2.05) is 13.0 Å². The maximum absolute atomic E-state index is 12.1. The van der Waals surface area contributed by atoms with Crippen molar-refractivity contribution in [2.75, 3.05) is 0 Å². The van der Waals surface area contributed by atoms with Crippen molar-refractivity contribution in [1.82, 2.24) is 4.72 Å². The van der Waals surface area contributed by atoms with Gasteiger partial charge in [0.25, 0.3) is 0 Å². The van der Waals surface area contributed by atoms with Crippen LogP contribution in [0.25, 0.3) is 0 Å². The van der Waals surface area contributed by atoms with Gasteiger partial charge in [-0.15, -0.1) is 11.3 Å². The third-order valence-electron chi connectivity index (χ3n) is 2.99. The highest BCUT2D eigenvalue weighted by atomic mass is 79.9. The molecule has 0 aromatic carbocycles. The Morgan fingerprint density at radius 1 is 1.47 bits per heavy atom. The fourth-order valence-corrected chi connectivity index (χ4v) is 5.52. The molecule has 96 valence electrons. The summed E-state index contributed by atoms with van der Waals surface area (Å²) in [6.45, 7) is 2.03. The van der Waals surface area contributed by atoms with Crippen molar-refractivity contribution in [2.45, 2.75) is 47.7 Å². The molecule has 1 heterocycles. The van der Waals surface area contributed by atoms with E-state index < -0.39 is 10.0 Å². The van der Waals surface area contributed by atoms with E-state index in [9.17, 15) is 8.42 Å². The van der Waals surface area contributed by atoms with Gasteiger partial charge in [0, 0.05) is 15.7 Å². The number of hydrogen-bond acceptors (Lipinski definition) is 3. The largest absolute Gasteiger partial charge is 0.250 e. The number of thiophene rings is 1. The van der Waals surface area contributed by atoms with Crippen LogP contribution in [0.1, 0.15) is 31.1 Å². The van der Waals surface area contributed by atoms with Gasteiger partial charge < -0.3 is 0 Å². The van der Waals surface area contributed by atoms with E-state index >= 15 is 0 Å². The minimum absolute atomic E-state index is 0.0344. The highest BCUT2D eigenvalue weighted by Gasteiger charge is 2.30. The summed E-state index contributed by atoms with van der Waals surface area (Å²) < 4.78 is 27.5. The highest BCUT2D eigenvalue weighted by Crippen LogP contribution is 2.28. The van der Waals surface area contributed by atoms with Gasteiger partial charge in [-0.3, -0.25) is 0 Å². The van der Waals surface area contributed by atoms with Gasteiger partial charge in [0.1, 0.15) is 4.21 Å². The fraction of sp³-hybridized carbons (Fsp3) is 0.636. The predicted molar refractivity (Wildman–Crippen MR) is 74.4 cm³/mol. The summed E-state index contributed by atoms with van der Waals surface area (Å²) in [5.41, 5.74) is 0. The Balaban J connectivity index is 2.13. The maximum Gasteiger partial charge on any atom is 0.250 e. The van der Waals surface area contributed by atoms with Gasteiger partial charge in [-0.05, 0) is 31.4 Å². The zero-order valence-electron chi connectivity index (χ0n) is 9.65. The van der Waals surface area contributed by atoms with Gasteiger partial charge in [-0.2, -0.15) is 0 Å². The molecule has 0 bridgehead atoms. The lowest BCUT2D eigenvalue weighted by Crippen LogP contribution is -2.37. The number of hydrogen-bond donors (Lipinski definition) is 1. The second-order valence-corrected chi connectivity index (χ2v) is 8.53. The molecule has 0 spiro atoms. The normalized spacial score (nSPS) is 25.3. The Bertz CT molecular complexity index is 483. The molecule has 1 aromatic heterocycles. The molecule has 2 unspecified atom stereocenters. The van der Waals surface area contributed by atoms with Gasteiger partial charge >= 0.3 is 0 Å². The highest BCUT2D eigenvalue weighted by molar-refractivity contribution is 9.09. The molecule has 1 fully saturated rings. The minimum atomic E-state index is -3.33. The molecule has 1 N–H and O–H groups in total. The topological polar surface area (TPSA) is 46.2 Å². The van der Waals surface area contributed by atoms with Gasteiger partial charge in [0.05, 0.1) is 0 Å². The van der Waals surface area contributed by atoms with Crippen LogP contribution in [0.15, 0.2) is 16.3 Å². The van der Waals surface area contributed by atoms with E-state index in [0.29, 0.717) is 4.21 Å². The summed E-state index contributed by atoms with van der Waals surface area (Å²) >= 11 is 4.88.